The van der Waals surface area contributed by atoms with Gasteiger partial charge in [-0.05, 0) is 41.8 Å². The van der Waals surface area contributed by atoms with Crippen molar-refractivity contribution in [2.75, 3.05) is 6.54 Å². The summed E-state index contributed by atoms with van der Waals surface area (Å²) in [6, 6.07) is 14.4. The molecular formula is C17H16Cl2N2O2. The van der Waals surface area contributed by atoms with Crippen LogP contribution in [0.15, 0.2) is 48.5 Å². The molecule has 6 heteroatoms. The lowest BCUT2D eigenvalue weighted by atomic mass is 10.1. The van der Waals surface area contributed by atoms with E-state index in [9.17, 15) is 9.59 Å². The van der Waals surface area contributed by atoms with Crippen molar-refractivity contribution in [1.82, 2.24) is 10.6 Å². The third kappa shape index (κ3) is 5.93. The van der Waals surface area contributed by atoms with E-state index in [0.717, 1.165) is 11.1 Å². The van der Waals surface area contributed by atoms with Crippen molar-refractivity contribution in [2.45, 2.75) is 13.0 Å². The van der Waals surface area contributed by atoms with Gasteiger partial charge in [0.1, 0.15) is 0 Å². The van der Waals surface area contributed by atoms with E-state index in [1.165, 1.54) is 0 Å². The summed E-state index contributed by atoms with van der Waals surface area (Å²) in [5.74, 6) is -1.31. The van der Waals surface area contributed by atoms with Crippen LogP contribution < -0.4 is 10.6 Å². The minimum atomic E-state index is -0.661. The molecular weight excluding hydrogens is 335 g/mol. The van der Waals surface area contributed by atoms with Gasteiger partial charge in [-0.25, -0.2) is 0 Å². The molecule has 0 bridgehead atoms. The average Bonchev–Trinajstić information content (AvgIpc) is 2.54. The highest BCUT2D eigenvalue weighted by Gasteiger charge is 2.12. The van der Waals surface area contributed by atoms with E-state index < -0.39 is 11.8 Å². The van der Waals surface area contributed by atoms with Gasteiger partial charge in [0, 0.05) is 23.1 Å². The molecule has 2 rings (SSSR count). The molecule has 2 amide bonds. The van der Waals surface area contributed by atoms with Crippen LogP contribution in [-0.2, 0) is 22.6 Å². The van der Waals surface area contributed by atoms with Crippen LogP contribution in [0.5, 0.6) is 0 Å². The van der Waals surface area contributed by atoms with Crippen LogP contribution in [-0.4, -0.2) is 18.4 Å². The second-order valence-corrected chi connectivity index (χ2v) is 5.82. The predicted molar refractivity (Wildman–Crippen MR) is 91.5 cm³/mol. The summed E-state index contributed by atoms with van der Waals surface area (Å²) in [5, 5.41) is 6.41. The van der Waals surface area contributed by atoms with E-state index in [1.54, 1.807) is 30.3 Å². The molecule has 0 aliphatic heterocycles. The summed E-state index contributed by atoms with van der Waals surface area (Å²) in [6.07, 6.45) is 0.608. The molecule has 23 heavy (non-hydrogen) atoms. The van der Waals surface area contributed by atoms with Crippen molar-refractivity contribution >= 4 is 35.0 Å². The maximum atomic E-state index is 11.7. The first-order valence-corrected chi connectivity index (χ1v) is 7.85. The zero-order chi connectivity index (χ0) is 16.7. The van der Waals surface area contributed by atoms with E-state index >= 15 is 0 Å². The fourth-order valence-corrected chi connectivity index (χ4v) is 2.30. The molecule has 4 nitrogen and oxygen atoms in total. The summed E-state index contributed by atoms with van der Waals surface area (Å²) in [6.45, 7) is 0.644. The molecule has 2 aromatic rings. The lowest BCUT2D eigenvalue weighted by Crippen LogP contribution is -2.40. The number of nitrogens with one attached hydrogen (secondary N) is 2. The third-order valence-corrected chi connectivity index (χ3v) is 3.65. The highest BCUT2D eigenvalue weighted by molar-refractivity contribution is 6.35. The Morgan fingerprint density at radius 1 is 0.826 bits per heavy atom. The Morgan fingerprint density at radius 2 is 1.52 bits per heavy atom. The number of carbonyl (C=O) groups is 2. The summed E-state index contributed by atoms with van der Waals surface area (Å²) in [4.78, 5) is 23.4. The molecule has 0 spiro atoms. The average molecular weight is 351 g/mol. The standard InChI is InChI=1S/C17H16Cl2N2O2/c18-14-6-4-13(5-7-14)11-21-17(23)16(22)20-9-8-12-2-1-3-15(19)10-12/h1-7,10H,8-9,11H2,(H,20,22)(H,21,23). The lowest BCUT2D eigenvalue weighted by Gasteiger charge is -2.07. The van der Waals surface area contributed by atoms with Gasteiger partial charge < -0.3 is 10.6 Å². The van der Waals surface area contributed by atoms with E-state index in [-0.39, 0.29) is 6.54 Å². The van der Waals surface area contributed by atoms with Crippen LogP contribution in [0.1, 0.15) is 11.1 Å². The number of hydrogen-bond donors (Lipinski definition) is 2. The first kappa shape index (κ1) is 17.3. The van der Waals surface area contributed by atoms with Crippen molar-refractivity contribution in [2.24, 2.45) is 0 Å². The first-order valence-electron chi connectivity index (χ1n) is 7.09. The number of halogens is 2. The molecule has 0 aliphatic rings. The second kappa shape index (κ2) is 8.56. The molecule has 2 N–H and O–H groups in total. The van der Waals surface area contributed by atoms with E-state index in [0.29, 0.717) is 23.0 Å². The smallest absolute Gasteiger partial charge is 0.309 e. The zero-order valence-electron chi connectivity index (χ0n) is 12.3. The summed E-state index contributed by atoms with van der Waals surface area (Å²) >= 11 is 11.7. The van der Waals surface area contributed by atoms with Gasteiger partial charge in [-0.2, -0.15) is 0 Å². The van der Waals surface area contributed by atoms with Crippen LogP contribution in [0.2, 0.25) is 10.0 Å². The molecule has 0 saturated heterocycles. The summed E-state index contributed by atoms with van der Waals surface area (Å²) in [7, 11) is 0. The fraction of sp³-hybridized carbons (Fsp3) is 0.176. The maximum absolute atomic E-state index is 11.7. The highest BCUT2D eigenvalue weighted by atomic mass is 35.5. The van der Waals surface area contributed by atoms with Crippen molar-refractivity contribution in [3.63, 3.8) is 0 Å². The molecule has 0 aromatic heterocycles. The Bertz CT molecular complexity index is 687. The quantitative estimate of drug-likeness (QED) is 0.814. The van der Waals surface area contributed by atoms with Crippen molar-refractivity contribution in [1.29, 1.82) is 0 Å². The van der Waals surface area contributed by atoms with Gasteiger partial charge in [0.05, 0.1) is 0 Å². The topological polar surface area (TPSA) is 58.2 Å². The van der Waals surface area contributed by atoms with Gasteiger partial charge in [0.2, 0.25) is 0 Å². The molecule has 0 aliphatic carbocycles. The van der Waals surface area contributed by atoms with Gasteiger partial charge in [0.15, 0.2) is 0 Å². The van der Waals surface area contributed by atoms with Crippen molar-refractivity contribution in [3.05, 3.63) is 69.7 Å². The van der Waals surface area contributed by atoms with Crippen LogP contribution in [0.3, 0.4) is 0 Å². The van der Waals surface area contributed by atoms with E-state index in [1.807, 2.05) is 18.2 Å². The molecule has 0 radical (unpaired) electrons. The molecule has 2 aromatic carbocycles. The Balaban J connectivity index is 1.72. The van der Waals surface area contributed by atoms with Gasteiger partial charge in [-0.3, -0.25) is 9.59 Å². The first-order chi connectivity index (χ1) is 11.0. The van der Waals surface area contributed by atoms with Crippen LogP contribution in [0, 0.1) is 0 Å². The maximum Gasteiger partial charge on any atom is 0.309 e. The zero-order valence-corrected chi connectivity index (χ0v) is 13.8. The molecule has 0 heterocycles. The van der Waals surface area contributed by atoms with Crippen LogP contribution in [0.25, 0.3) is 0 Å². The summed E-state index contributed by atoms with van der Waals surface area (Å²) < 4.78 is 0. The number of hydrogen-bond acceptors (Lipinski definition) is 2. The minimum absolute atomic E-state index is 0.276. The molecule has 0 fully saturated rings. The Hall–Kier alpha value is -2.04. The third-order valence-electron chi connectivity index (χ3n) is 3.16. The number of benzene rings is 2. The van der Waals surface area contributed by atoms with Crippen molar-refractivity contribution in [3.8, 4) is 0 Å². The summed E-state index contributed by atoms with van der Waals surface area (Å²) in [5.41, 5.74) is 1.87. The van der Waals surface area contributed by atoms with Gasteiger partial charge >= 0.3 is 11.8 Å². The van der Waals surface area contributed by atoms with Crippen LogP contribution in [0.4, 0.5) is 0 Å². The molecule has 120 valence electrons. The van der Waals surface area contributed by atoms with E-state index in [4.69, 9.17) is 23.2 Å². The minimum Gasteiger partial charge on any atom is -0.348 e. The predicted octanol–water partition coefficient (Wildman–Crippen LogP) is 2.97. The Morgan fingerprint density at radius 3 is 2.22 bits per heavy atom. The molecule has 0 unspecified atom stereocenters. The number of amides is 2. The Kier molecular flexibility index (Phi) is 6.44. The van der Waals surface area contributed by atoms with Crippen molar-refractivity contribution < 1.29 is 9.59 Å². The lowest BCUT2D eigenvalue weighted by molar-refractivity contribution is -0.139. The number of rotatable bonds is 5. The van der Waals surface area contributed by atoms with Gasteiger partial charge in [-0.1, -0.05) is 47.5 Å². The highest BCUT2D eigenvalue weighted by Crippen LogP contribution is 2.11. The second-order valence-electron chi connectivity index (χ2n) is 4.94. The normalized spacial score (nSPS) is 10.2. The van der Waals surface area contributed by atoms with Gasteiger partial charge in [0.25, 0.3) is 0 Å². The SMILES string of the molecule is O=C(NCCc1cccc(Cl)c1)C(=O)NCc1ccc(Cl)cc1. The molecule has 0 atom stereocenters. The van der Waals surface area contributed by atoms with Crippen LogP contribution >= 0.6 is 23.2 Å². The van der Waals surface area contributed by atoms with Gasteiger partial charge in [-0.15, -0.1) is 0 Å². The van der Waals surface area contributed by atoms with E-state index in [2.05, 4.69) is 10.6 Å². The largest absolute Gasteiger partial charge is 0.348 e. The number of carbonyl (C=O) groups excluding carboxylic acids is 2. The fourth-order valence-electron chi connectivity index (χ4n) is 1.96. The molecule has 0 saturated carbocycles. The Labute approximate surface area is 144 Å². The monoisotopic (exact) mass is 350 g/mol.